The fourth-order valence-corrected chi connectivity index (χ4v) is 2.28. The minimum Gasteiger partial charge on any atom is -0.396 e. The molecule has 0 spiro atoms. The zero-order valence-electron chi connectivity index (χ0n) is 13.1. The third-order valence-electron chi connectivity index (χ3n) is 4.12. The summed E-state index contributed by atoms with van der Waals surface area (Å²) in [6, 6.07) is 8.81. The Morgan fingerprint density at radius 2 is 1.40 bits per heavy atom. The minimum absolute atomic E-state index is 0.0407. The van der Waals surface area contributed by atoms with E-state index in [2.05, 4.69) is 31.2 Å². The van der Waals surface area contributed by atoms with E-state index < -0.39 is 0 Å². The molecule has 114 valence electrons. The lowest BCUT2D eigenvalue weighted by Crippen LogP contribution is -2.26. The van der Waals surface area contributed by atoms with Crippen molar-refractivity contribution in [2.24, 2.45) is 5.41 Å². The van der Waals surface area contributed by atoms with Gasteiger partial charge in [0.05, 0.1) is 13.2 Å². The van der Waals surface area contributed by atoms with E-state index in [-0.39, 0.29) is 18.6 Å². The molecule has 0 radical (unpaired) electrons. The van der Waals surface area contributed by atoms with Crippen molar-refractivity contribution < 1.29 is 10.2 Å². The largest absolute Gasteiger partial charge is 0.396 e. The monoisotopic (exact) mass is 278 g/mol. The van der Waals surface area contributed by atoms with Crippen LogP contribution < -0.4 is 0 Å². The van der Waals surface area contributed by atoms with Gasteiger partial charge in [0.1, 0.15) is 0 Å². The molecule has 0 saturated heterocycles. The zero-order valence-corrected chi connectivity index (χ0v) is 13.1. The van der Waals surface area contributed by atoms with E-state index in [1.54, 1.807) is 0 Å². The van der Waals surface area contributed by atoms with Gasteiger partial charge in [-0.05, 0) is 36.8 Å². The van der Waals surface area contributed by atoms with Gasteiger partial charge in [-0.25, -0.2) is 0 Å². The highest BCUT2D eigenvalue weighted by atomic mass is 16.3. The van der Waals surface area contributed by atoms with Crippen molar-refractivity contribution >= 4 is 0 Å². The summed E-state index contributed by atoms with van der Waals surface area (Å²) in [5, 5.41) is 18.6. The molecule has 0 aromatic heterocycles. The highest BCUT2D eigenvalue weighted by Gasteiger charge is 2.21. The van der Waals surface area contributed by atoms with Crippen LogP contribution in [0, 0.1) is 5.41 Å². The van der Waals surface area contributed by atoms with Gasteiger partial charge >= 0.3 is 0 Å². The lowest BCUT2D eigenvalue weighted by molar-refractivity contribution is 0.0631. The molecule has 1 aromatic carbocycles. The maximum atomic E-state index is 9.29. The van der Waals surface area contributed by atoms with Crippen molar-refractivity contribution in [3.8, 4) is 0 Å². The smallest absolute Gasteiger partial charge is 0.0506 e. The quantitative estimate of drug-likeness (QED) is 0.640. The number of aliphatic hydroxyl groups is 2. The van der Waals surface area contributed by atoms with Crippen LogP contribution in [0.1, 0.15) is 57.1 Å². The second-order valence-corrected chi connectivity index (χ2v) is 6.25. The molecule has 2 heteroatoms. The van der Waals surface area contributed by atoms with Gasteiger partial charge in [-0.15, -0.1) is 0 Å². The van der Waals surface area contributed by atoms with Crippen molar-refractivity contribution in [1.82, 2.24) is 0 Å². The highest BCUT2D eigenvalue weighted by Crippen LogP contribution is 2.22. The minimum atomic E-state index is -0.362. The van der Waals surface area contributed by atoms with Gasteiger partial charge in [-0.3, -0.25) is 0 Å². The third-order valence-corrected chi connectivity index (χ3v) is 4.12. The van der Waals surface area contributed by atoms with Crippen molar-refractivity contribution in [1.29, 1.82) is 0 Å². The van der Waals surface area contributed by atoms with E-state index in [1.165, 1.54) is 43.2 Å². The fourth-order valence-electron chi connectivity index (χ4n) is 2.28. The molecule has 20 heavy (non-hydrogen) atoms. The normalized spacial score (nSPS) is 11.8. The molecule has 0 atom stereocenters. The predicted molar refractivity (Wildman–Crippen MR) is 84.9 cm³/mol. The molecule has 0 unspecified atom stereocenters. The van der Waals surface area contributed by atoms with Gasteiger partial charge in [0.2, 0.25) is 0 Å². The van der Waals surface area contributed by atoms with E-state index >= 15 is 0 Å². The average molecular weight is 278 g/mol. The number of benzene rings is 1. The lowest BCUT2D eigenvalue weighted by atomic mass is 9.86. The Hall–Kier alpha value is -0.860. The summed E-state index contributed by atoms with van der Waals surface area (Å²) in [6.45, 7) is 4.24. The van der Waals surface area contributed by atoms with E-state index in [0.717, 1.165) is 12.8 Å². The molecule has 0 aliphatic rings. The number of rotatable bonds is 10. The number of hydrogen-bond acceptors (Lipinski definition) is 2. The number of aliphatic hydroxyl groups excluding tert-OH is 2. The summed E-state index contributed by atoms with van der Waals surface area (Å²) in [5.41, 5.74) is 2.34. The lowest BCUT2D eigenvalue weighted by Gasteiger charge is -2.24. The third kappa shape index (κ3) is 6.06. The molecule has 0 amide bonds. The Balaban J connectivity index is 2.38. The van der Waals surface area contributed by atoms with E-state index in [9.17, 15) is 10.2 Å². The molecule has 2 N–H and O–H groups in total. The first-order valence-electron chi connectivity index (χ1n) is 7.93. The second kappa shape index (κ2) is 9.15. The van der Waals surface area contributed by atoms with Gasteiger partial charge in [-0.2, -0.15) is 0 Å². The molecule has 0 bridgehead atoms. The Morgan fingerprint density at radius 1 is 0.850 bits per heavy atom. The molecule has 0 fully saturated rings. The Kier molecular flexibility index (Phi) is 7.86. The van der Waals surface area contributed by atoms with Crippen molar-refractivity contribution in [2.75, 3.05) is 13.2 Å². The first-order valence-corrected chi connectivity index (χ1v) is 7.93. The standard InChI is InChI=1S/C18H30O2/c1-3-4-5-6-7-16-8-10-17(11-9-16)12-13-18(2,14-19)15-20/h8-11,19-20H,3-7,12-15H2,1-2H3. The molecule has 1 aromatic rings. The summed E-state index contributed by atoms with van der Waals surface area (Å²) in [6.07, 6.45) is 8.12. The Labute approximate surface area is 123 Å². The van der Waals surface area contributed by atoms with Crippen LogP contribution in [-0.2, 0) is 12.8 Å². The Morgan fingerprint density at radius 3 is 1.90 bits per heavy atom. The van der Waals surface area contributed by atoms with E-state index in [4.69, 9.17) is 0 Å². The van der Waals surface area contributed by atoms with Crippen molar-refractivity contribution in [3.63, 3.8) is 0 Å². The van der Waals surface area contributed by atoms with Gasteiger partial charge in [-0.1, -0.05) is 57.4 Å². The van der Waals surface area contributed by atoms with Crippen molar-refractivity contribution in [3.05, 3.63) is 35.4 Å². The summed E-state index contributed by atoms with van der Waals surface area (Å²) in [4.78, 5) is 0. The van der Waals surface area contributed by atoms with Crippen LogP contribution in [0.2, 0.25) is 0 Å². The topological polar surface area (TPSA) is 40.5 Å². The zero-order chi connectivity index (χ0) is 14.8. The van der Waals surface area contributed by atoms with Crippen LogP contribution in [-0.4, -0.2) is 23.4 Å². The van der Waals surface area contributed by atoms with Gasteiger partial charge in [0, 0.05) is 5.41 Å². The summed E-state index contributed by atoms with van der Waals surface area (Å²) >= 11 is 0. The van der Waals surface area contributed by atoms with Gasteiger partial charge in [0.25, 0.3) is 0 Å². The molecular weight excluding hydrogens is 248 g/mol. The van der Waals surface area contributed by atoms with Crippen LogP contribution >= 0.6 is 0 Å². The molecule has 2 nitrogen and oxygen atoms in total. The van der Waals surface area contributed by atoms with E-state index in [1.807, 2.05) is 6.92 Å². The summed E-state index contributed by atoms with van der Waals surface area (Å²) < 4.78 is 0. The predicted octanol–water partition coefficient (Wildman–Crippen LogP) is 3.73. The van der Waals surface area contributed by atoms with Gasteiger partial charge in [0.15, 0.2) is 0 Å². The van der Waals surface area contributed by atoms with Crippen LogP contribution in [0.15, 0.2) is 24.3 Å². The average Bonchev–Trinajstić information content (AvgIpc) is 2.50. The van der Waals surface area contributed by atoms with E-state index in [0.29, 0.717) is 0 Å². The molecule has 0 aliphatic carbocycles. The molecule has 0 heterocycles. The first kappa shape index (κ1) is 17.2. The number of aryl methyl sites for hydroxylation is 2. The van der Waals surface area contributed by atoms with Crippen LogP contribution in [0.3, 0.4) is 0 Å². The highest BCUT2D eigenvalue weighted by molar-refractivity contribution is 5.22. The van der Waals surface area contributed by atoms with Crippen LogP contribution in [0.25, 0.3) is 0 Å². The molecule has 1 rings (SSSR count). The number of hydrogen-bond donors (Lipinski definition) is 2. The fraction of sp³-hybridized carbons (Fsp3) is 0.667. The van der Waals surface area contributed by atoms with Crippen LogP contribution in [0.5, 0.6) is 0 Å². The molecule has 0 saturated carbocycles. The second-order valence-electron chi connectivity index (χ2n) is 6.25. The molecule has 0 aliphatic heterocycles. The van der Waals surface area contributed by atoms with Gasteiger partial charge < -0.3 is 10.2 Å². The summed E-state index contributed by atoms with van der Waals surface area (Å²) in [7, 11) is 0. The molecular formula is C18H30O2. The summed E-state index contributed by atoms with van der Waals surface area (Å²) in [5.74, 6) is 0. The maximum absolute atomic E-state index is 9.29. The maximum Gasteiger partial charge on any atom is 0.0506 e. The SMILES string of the molecule is CCCCCCc1ccc(CCC(C)(CO)CO)cc1. The first-order chi connectivity index (χ1) is 9.63. The number of unbranched alkanes of at least 4 members (excludes halogenated alkanes) is 3. The Bertz CT molecular complexity index is 352. The van der Waals surface area contributed by atoms with Crippen LogP contribution in [0.4, 0.5) is 0 Å². The van der Waals surface area contributed by atoms with Crippen molar-refractivity contribution in [2.45, 2.75) is 58.8 Å².